The van der Waals surface area contributed by atoms with Crippen LogP contribution in [0.15, 0.2) is 23.1 Å². The van der Waals surface area contributed by atoms with Crippen LogP contribution in [0.3, 0.4) is 0 Å². The first kappa shape index (κ1) is 10.5. The van der Waals surface area contributed by atoms with E-state index in [1.165, 1.54) is 11.8 Å². The molecule has 0 spiro atoms. The largest absolute Gasteiger partial charge is 0.447 e. The highest BCUT2D eigenvalue weighted by Crippen LogP contribution is 2.34. The Morgan fingerprint density at radius 2 is 2.24 bits per heavy atom. The van der Waals surface area contributed by atoms with Gasteiger partial charge >= 0.3 is 6.09 Å². The number of hydrogen-bond acceptors (Lipinski definition) is 4. The Hall–Kier alpha value is -1.69. The number of nitrogens with one attached hydrogen (secondary N) is 1. The van der Waals surface area contributed by atoms with Crippen molar-refractivity contribution in [1.29, 1.82) is 0 Å². The third-order valence-corrected chi connectivity index (χ3v) is 3.74. The average Bonchev–Trinajstić information content (AvgIpc) is 2.74. The van der Waals surface area contributed by atoms with E-state index in [2.05, 4.69) is 5.32 Å². The second-order valence-corrected chi connectivity index (χ2v) is 4.80. The van der Waals surface area contributed by atoms with Gasteiger partial charge in [0.1, 0.15) is 6.61 Å². The maximum absolute atomic E-state index is 11.4. The number of carbonyl (C=O) groups is 2. The first-order valence-electron chi connectivity index (χ1n) is 5.25. The lowest BCUT2D eigenvalue weighted by Crippen LogP contribution is -2.24. The topological polar surface area (TPSA) is 58.6 Å². The fourth-order valence-corrected chi connectivity index (χ4v) is 2.66. The Morgan fingerprint density at radius 3 is 3.00 bits per heavy atom. The highest BCUT2D eigenvalue weighted by Gasteiger charge is 2.25. The molecule has 1 aromatic carbocycles. The maximum Gasteiger partial charge on any atom is 0.414 e. The van der Waals surface area contributed by atoms with Crippen LogP contribution in [-0.2, 0) is 9.53 Å². The Kier molecular flexibility index (Phi) is 2.44. The Balaban J connectivity index is 1.94. The fraction of sp³-hybridized carbons (Fsp3) is 0.273. The van der Waals surface area contributed by atoms with Crippen molar-refractivity contribution >= 4 is 35.1 Å². The summed E-state index contributed by atoms with van der Waals surface area (Å²) in [6.07, 6.45) is -0.334. The Morgan fingerprint density at radius 1 is 1.35 bits per heavy atom. The van der Waals surface area contributed by atoms with Gasteiger partial charge in [0.15, 0.2) is 0 Å². The van der Waals surface area contributed by atoms with E-state index in [9.17, 15) is 9.59 Å². The van der Waals surface area contributed by atoms with Crippen molar-refractivity contribution in [2.45, 2.75) is 4.90 Å². The van der Waals surface area contributed by atoms with E-state index in [4.69, 9.17) is 4.74 Å². The Bertz CT molecular complexity index is 503. The van der Waals surface area contributed by atoms with Crippen molar-refractivity contribution in [3.63, 3.8) is 0 Å². The van der Waals surface area contributed by atoms with E-state index >= 15 is 0 Å². The van der Waals surface area contributed by atoms with Crippen molar-refractivity contribution < 1.29 is 14.3 Å². The molecule has 0 saturated carbocycles. The van der Waals surface area contributed by atoms with E-state index in [0.717, 1.165) is 16.3 Å². The number of benzene rings is 1. The van der Waals surface area contributed by atoms with E-state index < -0.39 is 0 Å². The van der Waals surface area contributed by atoms with Gasteiger partial charge in [-0.1, -0.05) is 0 Å². The number of anilines is 2. The molecule has 0 unspecified atom stereocenters. The summed E-state index contributed by atoms with van der Waals surface area (Å²) in [5.74, 6) is 0.432. The summed E-state index contributed by atoms with van der Waals surface area (Å²) in [6, 6.07) is 5.60. The van der Waals surface area contributed by atoms with Crippen molar-refractivity contribution in [2.24, 2.45) is 0 Å². The molecule has 17 heavy (non-hydrogen) atoms. The summed E-state index contributed by atoms with van der Waals surface area (Å²) < 4.78 is 4.88. The van der Waals surface area contributed by atoms with Crippen LogP contribution in [0.1, 0.15) is 0 Å². The minimum Gasteiger partial charge on any atom is -0.447 e. The Labute approximate surface area is 102 Å². The van der Waals surface area contributed by atoms with Gasteiger partial charge in [0.2, 0.25) is 5.91 Å². The summed E-state index contributed by atoms with van der Waals surface area (Å²) >= 11 is 1.50. The predicted octanol–water partition coefficient (Wildman–Crippen LogP) is 1.69. The van der Waals surface area contributed by atoms with Gasteiger partial charge in [-0.25, -0.2) is 4.79 Å². The first-order valence-corrected chi connectivity index (χ1v) is 6.23. The minimum absolute atomic E-state index is 0.0105. The van der Waals surface area contributed by atoms with Crippen molar-refractivity contribution in [2.75, 3.05) is 29.1 Å². The van der Waals surface area contributed by atoms with Gasteiger partial charge < -0.3 is 10.1 Å². The van der Waals surface area contributed by atoms with Crippen molar-refractivity contribution in [3.8, 4) is 0 Å². The van der Waals surface area contributed by atoms with Gasteiger partial charge in [-0.2, -0.15) is 0 Å². The number of cyclic esters (lactones) is 1. The highest BCUT2D eigenvalue weighted by atomic mass is 32.2. The zero-order valence-electron chi connectivity index (χ0n) is 8.93. The molecule has 2 amide bonds. The van der Waals surface area contributed by atoms with Gasteiger partial charge in [0.25, 0.3) is 0 Å². The summed E-state index contributed by atoms with van der Waals surface area (Å²) in [6.45, 7) is 0.968. The quantitative estimate of drug-likeness (QED) is 0.824. The molecular formula is C11H10N2O3S. The zero-order chi connectivity index (χ0) is 11.8. The van der Waals surface area contributed by atoms with Gasteiger partial charge in [-0.3, -0.25) is 9.69 Å². The van der Waals surface area contributed by atoms with Crippen molar-refractivity contribution in [1.82, 2.24) is 0 Å². The highest BCUT2D eigenvalue weighted by molar-refractivity contribution is 8.00. The number of nitrogens with zero attached hydrogens (tertiary/aromatic N) is 1. The monoisotopic (exact) mass is 250 g/mol. The van der Waals surface area contributed by atoms with Crippen LogP contribution >= 0.6 is 11.8 Å². The standard InChI is InChI=1S/C11H10N2O3S/c14-10-6-17-9-2-1-7(5-8(9)12-10)13-3-4-16-11(13)15/h1-2,5H,3-4,6H2,(H,12,14). The van der Waals surface area contributed by atoms with Gasteiger partial charge in [-0.15, -0.1) is 11.8 Å². The summed E-state index contributed by atoms with van der Waals surface area (Å²) in [4.78, 5) is 25.3. The van der Waals surface area contributed by atoms with Crippen LogP contribution in [-0.4, -0.2) is 30.9 Å². The van der Waals surface area contributed by atoms with Crippen molar-refractivity contribution in [3.05, 3.63) is 18.2 Å². The molecule has 1 fully saturated rings. The lowest BCUT2D eigenvalue weighted by Gasteiger charge is -2.19. The van der Waals surface area contributed by atoms with E-state index in [0.29, 0.717) is 18.9 Å². The number of hydrogen-bond donors (Lipinski definition) is 1. The van der Waals surface area contributed by atoms with Crippen LogP contribution in [0.5, 0.6) is 0 Å². The van der Waals surface area contributed by atoms with Crippen LogP contribution in [0.25, 0.3) is 0 Å². The SMILES string of the molecule is O=C1CSc2ccc(N3CCOC3=O)cc2N1. The fourth-order valence-electron chi connectivity index (χ4n) is 1.87. The molecule has 0 aromatic heterocycles. The number of carbonyl (C=O) groups excluding carboxylic acids is 2. The normalized spacial score (nSPS) is 18.7. The molecule has 5 nitrogen and oxygen atoms in total. The molecule has 6 heteroatoms. The number of ether oxygens (including phenoxy) is 1. The molecule has 0 bridgehead atoms. The van der Waals surface area contributed by atoms with Gasteiger partial charge in [0.05, 0.1) is 18.0 Å². The predicted molar refractivity (Wildman–Crippen MR) is 64.5 cm³/mol. The number of thioether (sulfide) groups is 1. The lowest BCUT2D eigenvalue weighted by atomic mass is 10.2. The summed E-state index contributed by atoms with van der Waals surface area (Å²) in [5.41, 5.74) is 1.53. The lowest BCUT2D eigenvalue weighted by molar-refractivity contribution is -0.113. The third-order valence-electron chi connectivity index (χ3n) is 2.67. The second kappa shape index (κ2) is 3.96. The molecule has 88 valence electrons. The van der Waals surface area contributed by atoms with Crippen LogP contribution in [0.2, 0.25) is 0 Å². The molecule has 2 aliphatic rings. The minimum atomic E-state index is -0.334. The molecule has 0 aliphatic carbocycles. The third kappa shape index (κ3) is 1.84. The van der Waals surface area contributed by atoms with Crippen LogP contribution in [0.4, 0.5) is 16.2 Å². The smallest absolute Gasteiger partial charge is 0.414 e. The molecule has 0 atom stereocenters. The second-order valence-electron chi connectivity index (χ2n) is 3.78. The number of amides is 2. The molecule has 3 rings (SSSR count). The van der Waals surface area contributed by atoms with Gasteiger partial charge in [-0.05, 0) is 18.2 Å². The molecular weight excluding hydrogens is 240 g/mol. The number of rotatable bonds is 1. The van der Waals surface area contributed by atoms with Crippen LogP contribution < -0.4 is 10.2 Å². The summed E-state index contributed by atoms with van der Waals surface area (Å²) in [5, 5.41) is 2.80. The maximum atomic E-state index is 11.4. The number of fused-ring (bicyclic) bond motifs is 1. The summed E-state index contributed by atoms with van der Waals surface area (Å²) in [7, 11) is 0. The molecule has 1 saturated heterocycles. The molecule has 2 heterocycles. The molecule has 1 aromatic rings. The van der Waals surface area contributed by atoms with E-state index in [1.807, 2.05) is 18.2 Å². The average molecular weight is 250 g/mol. The molecule has 1 N–H and O–H groups in total. The molecule has 0 radical (unpaired) electrons. The van der Waals surface area contributed by atoms with Crippen LogP contribution in [0, 0.1) is 0 Å². The first-order chi connectivity index (χ1) is 8.24. The van der Waals surface area contributed by atoms with Gasteiger partial charge in [0, 0.05) is 10.6 Å². The molecule has 2 aliphatic heterocycles. The van der Waals surface area contributed by atoms with E-state index in [-0.39, 0.29) is 12.0 Å². The zero-order valence-corrected chi connectivity index (χ0v) is 9.75. The van der Waals surface area contributed by atoms with E-state index in [1.54, 1.807) is 4.90 Å².